The highest BCUT2D eigenvalue weighted by atomic mass is 79.9. The smallest absolute Gasteiger partial charge is 0.258 e. The second-order valence-corrected chi connectivity index (χ2v) is 4.93. The molecule has 50 valence electrons. The van der Waals surface area contributed by atoms with Gasteiger partial charge in [-0.3, -0.25) is 4.57 Å². The van der Waals surface area contributed by atoms with Crippen LogP contribution in [0.25, 0.3) is 0 Å². The van der Waals surface area contributed by atoms with E-state index in [1.165, 1.54) is 0 Å². The first-order chi connectivity index (χ1) is 3.68. The number of hydrogen-bond donors (Lipinski definition) is 0. The van der Waals surface area contributed by atoms with E-state index < -0.39 is 7.60 Å². The zero-order valence-corrected chi connectivity index (χ0v) is 8.20. The Labute approximate surface area is 65.2 Å². The maximum atomic E-state index is 10.8. The topological polar surface area (TPSA) is 35.5 Å². The Bertz CT molecular complexity index is 86.4. The summed E-state index contributed by atoms with van der Waals surface area (Å²) < 4.78 is 19.5. The molecule has 3 nitrogen and oxygen atoms in total. The molecule has 0 bridgehead atoms. The predicted octanol–water partition coefficient (Wildman–Crippen LogP) is 2.85. The Hall–Kier alpha value is 1.11. The third kappa shape index (κ3) is 2.60. The molecule has 0 aliphatic rings. The SMILES string of the molecule is CCP(=O)(OBr)OBr. The zero-order valence-electron chi connectivity index (χ0n) is 4.13. The van der Waals surface area contributed by atoms with Crippen LogP contribution in [0.5, 0.6) is 0 Å². The second-order valence-electron chi connectivity index (χ2n) is 1.07. The van der Waals surface area contributed by atoms with Crippen molar-refractivity contribution in [3.05, 3.63) is 0 Å². The fourth-order valence-corrected chi connectivity index (χ4v) is 2.38. The van der Waals surface area contributed by atoms with Crippen molar-refractivity contribution in [3.8, 4) is 0 Å². The fraction of sp³-hybridized carbons (Fsp3) is 1.00. The molecule has 0 amide bonds. The molecule has 0 atom stereocenters. The first-order valence-electron chi connectivity index (χ1n) is 1.88. The summed E-state index contributed by atoms with van der Waals surface area (Å²) in [4.78, 5) is 0. The van der Waals surface area contributed by atoms with E-state index in [1.54, 1.807) is 6.92 Å². The summed E-state index contributed by atoms with van der Waals surface area (Å²) in [5, 5.41) is 0. The van der Waals surface area contributed by atoms with Crippen molar-refractivity contribution >= 4 is 40.1 Å². The van der Waals surface area contributed by atoms with Gasteiger partial charge in [0.2, 0.25) is 0 Å². The third-order valence-electron chi connectivity index (χ3n) is 0.598. The van der Waals surface area contributed by atoms with Gasteiger partial charge in [0, 0.05) is 6.16 Å². The molecule has 0 rings (SSSR count). The third-order valence-corrected chi connectivity index (χ3v) is 4.44. The van der Waals surface area contributed by atoms with Crippen molar-refractivity contribution in [1.29, 1.82) is 0 Å². The van der Waals surface area contributed by atoms with Crippen molar-refractivity contribution in [2.75, 3.05) is 6.16 Å². The van der Waals surface area contributed by atoms with Gasteiger partial charge in [0.15, 0.2) is 0 Å². The van der Waals surface area contributed by atoms with Gasteiger partial charge in [0.05, 0.1) is 0 Å². The molecule has 0 spiro atoms. The van der Waals surface area contributed by atoms with Gasteiger partial charge in [-0.25, -0.2) is 7.23 Å². The van der Waals surface area contributed by atoms with Crippen LogP contribution in [0.15, 0.2) is 0 Å². The molecule has 0 aromatic heterocycles. The molecule has 0 heterocycles. The Morgan fingerprint density at radius 3 is 1.88 bits per heavy atom. The Morgan fingerprint density at radius 2 is 1.88 bits per heavy atom. The molecule has 0 fully saturated rings. The molecule has 0 aromatic carbocycles. The molecule has 0 N–H and O–H groups in total. The van der Waals surface area contributed by atoms with Crippen LogP contribution in [-0.4, -0.2) is 6.16 Å². The lowest BCUT2D eigenvalue weighted by Crippen LogP contribution is -1.81. The van der Waals surface area contributed by atoms with E-state index in [9.17, 15) is 4.57 Å². The lowest BCUT2D eigenvalue weighted by atomic mass is 11.0. The summed E-state index contributed by atoms with van der Waals surface area (Å²) in [5.74, 6) is 0. The largest absolute Gasteiger partial charge is 0.352 e. The van der Waals surface area contributed by atoms with Crippen molar-refractivity contribution in [3.63, 3.8) is 0 Å². The lowest BCUT2D eigenvalue weighted by molar-refractivity contribution is 0.448. The molecule has 0 saturated carbocycles. The van der Waals surface area contributed by atoms with Gasteiger partial charge in [0.25, 0.3) is 0 Å². The predicted molar refractivity (Wildman–Crippen MR) is 38.2 cm³/mol. The van der Waals surface area contributed by atoms with Crippen molar-refractivity contribution in [2.24, 2.45) is 0 Å². The van der Waals surface area contributed by atoms with Gasteiger partial charge >= 0.3 is 7.60 Å². The van der Waals surface area contributed by atoms with E-state index in [0.29, 0.717) is 6.16 Å². The highest BCUT2D eigenvalue weighted by molar-refractivity contribution is 9.07. The van der Waals surface area contributed by atoms with Crippen LogP contribution in [-0.2, 0) is 11.8 Å². The maximum Gasteiger partial charge on any atom is 0.352 e. The van der Waals surface area contributed by atoms with Crippen LogP contribution >= 0.6 is 40.1 Å². The van der Waals surface area contributed by atoms with Crippen LogP contribution in [0.2, 0.25) is 0 Å². The average molecular weight is 268 g/mol. The van der Waals surface area contributed by atoms with Gasteiger partial charge in [-0.15, -0.1) is 0 Å². The standard InChI is InChI=1S/C2H5Br2O3P/c1-2-8(5,6-3)7-4/h2H2,1H3. The van der Waals surface area contributed by atoms with Crippen LogP contribution in [0, 0.1) is 0 Å². The summed E-state index contributed by atoms with van der Waals surface area (Å²) in [7, 11) is -2.83. The molecule has 0 aliphatic heterocycles. The normalized spacial score (nSPS) is 11.9. The number of hydrogen-bond acceptors (Lipinski definition) is 3. The van der Waals surface area contributed by atoms with Crippen LogP contribution in [0.3, 0.4) is 0 Å². The van der Waals surface area contributed by atoms with E-state index in [-0.39, 0.29) is 0 Å². The van der Waals surface area contributed by atoms with E-state index >= 15 is 0 Å². The average Bonchev–Trinajstić information content (AvgIpc) is 1.87. The maximum absolute atomic E-state index is 10.8. The molecule has 6 heteroatoms. The molecular formula is C2H5Br2O3P. The van der Waals surface area contributed by atoms with Crippen molar-refractivity contribution in [2.45, 2.75) is 6.92 Å². The summed E-state index contributed by atoms with van der Waals surface area (Å²) in [6, 6.07) is 0. The zero-order chi connectivity index (χ0) is 6.62. The molecule has 0 saturated heterocycles. The van der Waals surface area contributed by atoms with E-state index in [2.05, 4.69) is 39.7 Å². The van der Waals surface area contributed by atoms with Crippen molar-refractivity contribution < 1.29 is 11.8 Å². The quantitative estimate of drug-likeness (QED) is 0.738. The first-order valence-corrected chi connectivity index (χ1v) is 4.90. The second kappa shape index (κ2) is 4.01. The number of halogens is 2. The highest BCUT2D eigenvalue weighted by Crippen LogP contribution is 2.51. The van der Waals surface area contributed by atoms with E-state index in [4.69, 9.17) is 0 Å². The minimum atomic E-state index is -2.83. The van der Waals surface area contributed by atoms with Gasteiger partial charge in [0.1, 0.15) is 32.5 Å². The first kappa shape index (κ1) is 9.11. The van der Waals surface area contributed by atoms with Crippen molar-refractivity contribution in [1.82, 2.24) is 0 Å². The van der Waals surface area contributed by atoms with E-state index in [1.807, 2.05) is 0 Å². The Morgan fingerprint density at radius 1 is 1.50 bits per heavy atom. The molecule has 0 aliphatic carbocycles. The van der Waals surface area contributed by atoms with E-state index in [0.717, 1.165) is 0 Å². The van der Waals surface area contributed by atoms with Gasteiger partial charge < -0.3 is 0 Å². The lowest BCUT2D eigenvalue weighted by Gasteiger charge is -2.04. The highest BCUT2D eigenvalue weighted by Gasteiger charge is 2.19. The summed E-state index contributed by atoms with van der Waals surface area (Å²) in [5.41, 5.74) is 0. The number of rotatable bonds is 3. The van der Waals surface area contributed by atoms with Crippen LogP contribution < -0.4 is 0 Å². The molecule has 0 aromatic rings. The Kier molecular flexibility index (Phi) is 4.57. The summed E-state index contributed by atoms with van der Waals surface area (Å²) >= 11 is 5.15. The van der Waals surface area contributed by atoms with Gasteiger partial charge in [-0.05, 0) is 0 Å². The summed E-state index contributed by atoms with van der Waals surface area (Å²) in [6.45, 7) is 1.70. The minimum Gasteiger partial charge on any atom is -0.258 e. The Balaban J connectivity index is 3.79. The van der Waals surface area contributed by atoms with Gasteiger partial charge in [-0.2, -0.15) is 0 Å². The minimum absolute atomic E-state index is 0.337. The van der Waals surface area contributed by atoms with Gasteiger partial charge in [-0.1, -0.05) is 6.92 Å². The molecule has 0 unspecified atom stereocenters. The molecular weight excluding hydrogens is 263 g/mol. The fourth-order valence-electron chi connectivity index (χ4n) is 0.108. The summed E-state index contributed by atoms with van der Waals surface area (Å²) in [6.07, 6.45) is 0.337. The molecule has 0 radical (unpaired) electrons. The van der Waals surface area contributed by atoms with Crippen LogP contribution in [0.1, 0.15) is 6.92 Å². The van der Waals surface area contributed by atoms with Crippen LogP contribution in [0.4, 0.5) is 0 Å². The molecule has 8 heavy (non-hydrogen) atoms. The monoisotopic (exact) mass is 266 g/mol.